The lowest BCUT2D eigenvalue weighted by molar-refractivity contribution is 0.687. The monoisotopic (exact) mass is 250 g/mol. The van der Waals surface area contributed by atoms with Crippen molar-refractivity contribution in [2.75, 3.05) is 13.6 Å². The smallest absolute Gasteiger partial charge is 0.0729 e. The van der Waals surface area contributed by atoms with E-state index in [2.05, 4.69) is 15.6 Å². The minimum atomic E-state index is 0.727. The van der Waals surface area contributed by atoms with Crippen LogP contribution < -0.4 is 5.32 Å². The standard InChI is InChI=1S/C12H15ClN4/c1-14-8-2-3-12-9-15-16-17(12)11-6-4-10(13)5-7-11/h4-7,9,14H,2-3,8H2,1H3. The molecule has 0 aliphatic heterocycles. The van der Waals surface area contributed by atoms with Gasteiger partial charge in [0.15, 0.2) is 0 Å². The molecule has 1 N–H and O–H groups in total. The van der Waals surface area contributed by atoms with Crippen LogP contribution in [0.25, 0.3) is 5.69 Å². The molecule has 2 aromatic rings. The molecule has 0 saturated carbocycles. The van der Waals surface area contributed by atoms with Crippen molar-refractivity contribution in [2.45, 2.75) is 12.8 Å². The molecule has 1 heterocycles. The zero-order chi connectivity index (χ0) is 12.1. The Morgan fingerprint density at radius 3 is 2.76 bits per heavy atom. The van der Waals surface area contributed by atoms with Crippen LogP contribution in [0.2, 0.25) is 5.02 Å². The van der Waals surface area contributed by atoms with Gasteiger partial charge in [-0.1, -0.05) is 16.8 Å². The molecule has 0 aliphatic carbocycles. The molecule has 0 saturated heterocycles. The van der Waals surface area contributed by atoms with Crippen LogP contribution in [0.1, 0.15) is 12.1 Å². The number of hydrogen-bond donors (Lipinski definition) is 1. The van der Waals surface area contributed by atoms with Crippen LogP contribution in [0.5, 0.6) is 0 Å². The topological polar surface area (TPSA) is 42.7 Å². The van der Waals surface area contributed by atoms with Crippen molar-refractivity contribution in [3.63, 3.8) is 0 Å². The highest BCUT2D eigenvalue weighted by Gasteiger charge is 2.05. The van der Waals surface area contributed by atoms with Crippen LogP contribution in [0.15, 0.2) is 30.5 Å². The fourth-order valence-corrected chi connectivity index (χ4v) is 1.80. The number of aromatic nitrogens is 3. The lowest BCUT2D eigenvalue weighted by Crippen LogP contribution is -2.10. The molecule has 2 rings (SSSR count). The fourth-order valence-electron chi connectivity index (χ4n) is 1.67. The lowest BCUT2D eigenvalue weighted by atomic mass is 10.2. The number of nitrogens with zero attached hydrogens (tertiary/aromatic N) is 3. The van der Waals surface area contributed by atoms with E-state index in [4.69, 9.17) is 11.6 Å². The van der Waals surface area contributed by atoms with Gasteiger partial charge in [-0.05, 0) is 50.7 Å². The average molecular weight is 251 g/mol. The van der Waals surface area contributed by atoms with E-state index in [0.29, 0.717) is 0 Å². The largest absolute Gasteiger partial charge is 0.320 e. The number of nitrogens with one attached hydrogen (secondary N) is 1. The van der Waals surface area contributed by atoms with E-state index in [1.54, 1.807) is 0 Å². The second-order valence-electron chi connectivity index (χ2n) is 3.82. The van der Waals surface area contributed by atoms with Gasteiger partial charge in [0.2, 0.25) is 0 Å². The highest BCUT2D eigenvalue weighted by atomic mass is 35.5. The third-order valence-corrected chi connectivity index (χ3v) is 2.80. The van der Waals surface area contributed by atoms with Crippen molar-refractivity contribution < 1.29 is 0 Å². The van der Waals surface area contributed by atoms with Gasteiger partial charge in [0.1, 0.15) is 0 Å². The van der Waals surface area contributed by atoms with E-state index in [1.807, 2.05) is 42.2 Å². The first kappa shape index (κ1) is 12.1. The predicted octanol–water partition coefficient (Wildman–Crippen LogP) is 2.07. The van der Waals surface area contributed by atoms with Gasteiger partial charge in [0, 0.05) is 5.02 Å². The summed E-state index contributed by atoms with van der Waals surface area (Å²) in [6.45, 7) is 0.992. The molecule has 1 aromatic heterocycles. The molecule has 0 fully saturated rings. The van der Waals surface area contributed by atoms with E-state index in [0.717, 1.165) is 35.8 Å². The van der Waals surface area contributed by atoms with Gasteiger partial charge in [-0.15, -0.1) is 5.10 Å². The summed E-state index contributed by atoms with van der Waals surface area (Å²) in [4.78, 5) is 0. The molecule has 90 valence electrons. The Morgan fingerprint density at radius 1 is 1.29 bits per heavy atom. The molecule has 0 radical (unpaired) electrons. The summed E-state index contributed by atoms with van der Waals surface area (Å²) in [7, 11) is 1.95. The zero-order valence-corrected chi connectivity index (χ0v) is 10.5. The van der Waals surface area contributed by atoms with Crippen LogP contribution in [-0.4, -0.2) is 28.6 Å². The zero-order valence-electron chi connectivity index (χ0n) is 9.73. The second-order valence-corrected chi connectivity index (χ2v) is 4.26. The number of benzene rings is 1. The van der Waals surface area contributed by atoms with Crippen molar-refractivity contribution in [1.82, 2.24) is 20.3 Å². The number of rotatable bonds is 5. The predicted molar refractivity (Wildman–Crippen MR) is 68.6 cm³/mol. The Morgan fingerprint density at radius 2 is 2.06 bits per heavy atom. The fraction of sp³-hybridized carbons (Fsp3) is 0.333. The summed E-state index contributed by atoms with van der Waals surface area (Å²) in [5, 5.41) is 11.9. The third-order valence-electron chi connectivity index (χ3n) is 2.55. The first-order chi connectivity index (χ1) is 8.31. The van der Waals surface area contributed by atoms with Crippen LogP contribution in [-0.2, 0) is 6.42 Å². The van der Waals surface area contributed by atoms with Crippen LogP contribution in [0.3, 0.4) is 0 Å². The van der Waals surface area contributed by atoms with Gasteiger partial charge in [-0.2, -0.15) is 0 Å². The Hall–Kier alpha value is -1.39. The normalized spacial score (nSPS) is 10.7. The van der Waals surface area contributed by atoms with Crippen LogP contribution >= 0.6 is 11.6 Å². The molecule has 0 amide bonds. The van der Waals surface area contributed by atoms with Crippen molar-refractivity contribution >= 4 is 11.6 Å². The number of halogens is 1. The molecule has 0 aliphatic rings. The second kappa shape index (κ2) is 5.80. The van der Waals surface area contributed by atoms with Gasteiger partial charge in [0.05, 0.1) is 17.6 Å². The maximum Gasteiger partial charge on any atom is 0.0729 e. The Balaban J connectivity index is 2.15. The van der Waals surface area contributed by atoms with E-state index in [1.165, 1.54) is 0 Å². The van der Waals surface area contributed by atoms with E-state index < -0.39 is 0 Å². The molecule has 5 heteroatoms. The van der Waals surface area contributed by atoms with Crippen molar-refractivity contribution in [1.29, 1.82) is 0 Å². The summed E-state index contributed by atoms with van der Waals surface area (Å²) < 4.78 is 1.85. The molecule has 0 spiro atoms. The molecule has 1 aromatic carbocycles. The van der Waals surface area contributed by atoms with Gasteiger partial charge in [-0.25, -0.2) is 4.68 Å². The van der Waals surface area contributed by atoms with Crippen molar-refractivity contribution in [3.8, 4) is 5.69 Å². The maximum absolute atomic E-state index is 5.86. The van der Waals surface area contributed by atoms with Gasteiger partial charge < -0.3 is 5.32 Å². The Kier molecular flexibility index (Phi) is 4.12. The molecule has 0 unspecified atom stereocenters. The molecule has 0 bridgehead atoms. The number of hydrogen-bond acceptors (Lipinski definition) is 3. The number of aryl methyl sites for hydroxylation is 1. The van der Waals surface area contributed by atoms with E-state index >= 15 is 0 Å². The Labute approximate surface area is 106 Å². The first-order valence-corrected chi connectivity index (χ1v) is 5.99. The minimum Gasteiger partial charge on any atom is -0.320 e. The highest BCUT2D eigenvalue weighted by Crippen LogP contribution is 2.14. The SMILES string of the molecule is CNCCCc1cnnn1-c1ccc(Cl)cc1. The third kappa shape index (κ3) is 3.05. The van der Waals surface area contributed by atoms with Gasteiger partial charge in [0.25, 0.3) is 0 Å². The molecule has 4 nitrogen and oxygen atoms in total. The van der Waals surface area contributed by atoms with Crippen LogP contribution in [0, 0.1) is 0 Å². The highest BCUT2D eigenvalue weighted by molar-refractivity contribution is 6.30. The maximum atomic E-state index is 5.86. The molecule has 0 atom stereocenters. The van der Waals surface area contributed by atoms with Gasteiger partial charge in [-0.3, -0.25) is 0 Å². The summed E-state index contributed by atoms with van der Waals surface area (Å²) in [5.41, 5.74) is 2.11. The molecular weight excluding hydrogens is 236 g/mol. The van der Waals surface area contributed by atoms with E-state index in [-0.39, 0.29) is 0 Å². The summed E-state index contributed by atoms with van der Waals surface area (Å²) in [6, 6.07) is 7.60. The average Bonchev–Trinajstić information content (AvgIpc) is 2.79. The minimum absolute atomic E-state index is 0.727. The van der Waals surface area contributed by atoms with Crippen molar-refractivity contribution in [3.05, 3.63) is 41.2 Å². The summed E-state index contributed by atoms with van der Waals surface area (Å²) in [6.07, 6.45) is 3.83. The summed E-state index contributed by atoms with van der Waals surface area (Å²) in [5.74, 6) is 0. The van der Waals surface area contributed by atoms with Crippen molar-refractivity contribution in [2.24, 2.45) is 0 Å². The quantitative estimate of drug-likeness (QED) is 0.827. The van der Waals surface area contributed by atoms with Crippen LogP contribution in [0.4, 0.5) is 0 Å². The Bertz CT molecular complexity index is 464. The molecule has 17 heavy (non-hydrogen) atoms. The first-order valence-electron chi connectivity index (χ1n) is 5.61. The summed E-state index contributed by atoms with van der Waals surface area (Å²) >= 11 is 5.86. The molecular formula is C12H15ClN4. The lowest BCUT2D eigenvalue weighted by Gasteiger charge is -2.06. The van der Waals surface area contributed by atoms with Gasteiger partial charge >= 0.3 is 0 Å². The van der Waals surface area contributed by atoms with E-state index in [9.17, 15) is 0 Å².